The number of benzene rings is 1. The van der Waals surface area contributed by atoms with E-state index >= 15 is 0 Å². The van der Waals surface area contributed by atoms with Crippen molar-refractivity contribution in [2.24, 2.45) is 0 Å². The van der Waals surface area contributed by atoms with Crippen molar-refractivity contribution in [1.29, 1.82) is 0 Å². The Bertz CT molecular complexity index is 538. The van der Waals surface area contributed by atoms with E-state index in [1.54, 1.807) is 0 Å². The van der Waals surface area contributed by atoms with E-state index in [0.29, 0.717) is 0 Å². The maximum Gasteiger partial charge on any atom is 0.0455 e. The predicted molar refractivity (Wildman–Crippen MR) is 73.0 cm³/mol. The van der Waals surface area contributed by atoms with Gasteiger partial charge >= 0.3 is 0 Å². The number of hydrogen-bond acceptors (Lipinski definition) is 0. The van der Waals surface area contributed by atoms with Crippen LogP contribution in [0.1, 0.15) is 16.8 Å². The molecule has 0 aliphatic rings. The zero-order chi connectivity index (χ0) is 11.7. The monoisotopic (exact) mass is 275 g/mol. The van der Waals surface area contributed by atoms with Gasteiger partial charge < -0.3 is 4.57 Å². The predicted octanol–water partition coefficient (Wildman–Crippen LogP) is 4.50. The average Bonchev–Trinajstić information content (AvgIpc) is 2.64. The van der Waals surface area contributed by atoms with Gasteiger partial charge in [-0.25, -0.2) is 0 Å². The van der Waals surface area contributed by atoms with Crippen LogP contribution in [0.15, 0.2) is 41.5 Å². The maximum atomic E-state index is 3.79. The van der Waals surface area contributed by atoms with Gasteiger partial charge in [0, 0.05) is 22.1 Å². The Hall–Kier alpha value is -1.28. The van der Waals surface area contributed by atoms with Crippen LogP contribution in [0.25, 0.3) is 11.8 Å². The minimum atomic E-state index is 1.14. The average molecular weight is 276 g/mol. The summed E-state index contributed by atoms with van der Waals surface area (Å²) in [5.74, 6) is 0. The van der Waals surface area contributed by atoms with Crippen LogP contribution < -0.4 is 0 Å². The van der Waals surface area contributed by atoms with Crippen LogP contribution in [0.3, 0.4) is 0 Å². The van der Waals surface area contributed by atoms with E-state index in [-0.39, 0.29) is 0 Å². The first-order chi connectivity index (χ1) is 7.61. The van der Waals surface area contributed by atoms with Crippen molar-refractivity contribution in [2.75, 3.05) is 0 Å². The van der Waals surface area contributed by atoms with Crippen molar-refractivity contribution in [1.82, 2.24) is 4.57 Å². The molecule has 0 saturated heterocycles. The van der Waals surface area contributed by atoms with Crippen LogP contribution in [0.2, 0.25) is 0 Å². The van der Waals surface area contributed by atoms with E-state index in [2.05, 4.69) is 71.4 Å². The summed E-state index contributed by atoms with van der Waals surface area (Å²) in [5, 5.41) is 0. The van der Waals surface area contributed by atoms with Crippen molar-refractivity contribution in [2.45, 2.75) is 13.8 Å². The Labute approximate surface area is 105 Å². The van der Waals surface area contributed by atoms with Crippen molar-refractivity contribution >= 4 is 22.0 Å². The van der Waals surface area contributed by atoms with Gasteiger partial charge in [-0.2, -0.15) is 0 Å². The molecule has 0 fully saturated rings. The summed E-state index contributed by atoms with van der Waals surface area (Å²) >= 11 is 3.51. The molecule has 0 radical (unpaired) electrons. The van der Waals surface area contributed by atoms with E-state index in [1.807, 2.05) is 6.08 Å². The van der Waals surface area contributed by atoms with E-state index in [4.69, 9.17) is 0 Å². The lowest BCUT2D eigenvalue weighted by Gasteiger charge is -2.08. The highest BCUT2D eigenvalue weighted by Crippen LogP contribution is 2.22. The van der Waals surface area contributed by atoms with Gasteiger partial charge in [-0.3, -0.25) is 0 Å². The number of nitrogens with zero attached hydrogens (tertiary/aromatic N) is 1. The van der Waals surface area contributed by atoms with E-state index in [1.165, 1.54) is 16.9 Å². The van der Waals surface area contributed by atoms with Crippen molar-refractivity contribution in [3.05, 3.63) is 58.3 Å². The second-order valence-corrected chi connectivity index (χ2v) is 4.78. The van der Waals surface area contributed by atoms with Crippen LogP contribution in [0.4, 0.5) is 0 Å². The van der Waals surface area contributed by atoms with Crippen molar-refractivity contribution in [3.8, 4) is 5.69 Å². The van der Waals surface area contributed by atoms with Gasteiger partial charge in [0.2, 0.25) is 0 Å². The summed E-state index contributed by atoms with van der Waals surface area (Å²) in [6, 6.07) is 8.49. The second kappa shape index (κ2) is 4.30. The molecule has 2 aromatic rings. The molecule has 0 aliphatic heterocycles. The fourth-order valence-corrected chi connectivity index (χ4v) is 2.01. The summed E-state index contributed by atoms with van der Waals surface area (Å²) < 4.78 is 3.32. The molecule has 0 amide bonds. The van der Waals surface area contributed by atoms with Gasteiger partial charge in [0.15, 0.2) is 0 Å². The molecular weight excluding hydrogens is 262 g/mol. The quantitative estimate of drug-likeness (QED) is 0.761. The molecule has 0 spiro atoms. The van der Waals surface area contributed by atoms with Gasteiger partial charge in [-0.05, 0) is 49.2 Å². The highest BCUT2D eigenvalue weighted by atomic mass is 79.9. The molecule has 2 heteroatoms. The highest BCUT2D eigenvalue weighted by Gasteiger charge is 2.03. The Balaban J connectivity index is 2.53. The maximum absolute atomic E-state index is 3.79. The standard InChI is InChI=1S/C14H14BrN/c1-4-12-8-11(3)16(9-12)13-5-6-14(15)10(2)7-13/h4-9H,1H2,2-3H3. The fourth-order valence-electron chi connectivity index (χ4n) is 1.77. The number of halogens is 1. The molecule has 1 aromatic heterocycles. The molecule has 1 heterocycles. The number of aryl methyl sites for hydroxylation is 2. The van der Waals surface area contributed by atoms with Crippen LogP contribution in [0, 0.1) is 13.8 Å². The molecule has 1 nitrogen and oxygen atoms in total. The third-order valence-corrected chi connectivity index (χ3v) is 3.58. The molecule has 1 aromatic carbocycles. The molecule has 0 unspecified atom stereocenters. The molecule has 0 saturated carbocycles. The molecule has 2 rings (SSSR count). The SMILES string of the molecule is C=Cc1cc(C)n(-c2ccc(Br)c(C)c2)c1. The van der Waals surface area contributed by atoms with E-state index in [9.17, 15) is 0 Å². The molecule has 16 heavy (non-hydrogen) atoms. The molecular formula is C14H14BrN. The van der Waals surface area contributed by atoms with Crippen LogP contribution in [-0.2, 0) is 0 Å². The summed E-state index contributed by atoms with van der Waals surface area (Å²) in [7, 11) is 0. The molecule has 0 N–H and O–H groups in total. The van der Waals surface area contributed by atoms with E-state index in [0.717, 1.165) is 10.0 Å². The van der Waals surface area contributed by atoms with Gasteiger partial charge in [-0.15, -0.1) is 0 Å². The molecule has 0 atom stereocenters. The second-order valence-electron chi connectivity index (χ2n) is 3.92. The summed E-state index contributed by atoms with van der Waals surface area (Å²) in [4.78, 5) is 0. The molecule has 0 bridgehead atoms. The van der Waals surface area contributed by atoms with Crippen LogP contribution in [-0.4, -0.2) is 4.57 Å². The Kier molecular flexibility index (Phi) is 3.01. The van der Waals surface area contributed by atoms with E-state index < -0.39 is 0 Å². The summed E-state index contributed by atoms with van der Waals surface area (Å²) in [5.41, 5.74) is 4.80. The minimum absolute atomic E-state index is 1.14. The van der Waals surface area contributed by atoms with Crippen molar-refractivity contribution in [3.63, 3.8) is 0 Å². The largest absolute Gasteiger partial charge is 0.321 e. The lowest BCUT2D eigenvalue weighted by Crippen LogP contribution is -1.94. The van der Waals surface area contributed by atoms with Gasteiger partial charge in [0.25, 0.3) is 0 Å². The number of rotatable bonds is 2. The first-order valence-electron chi connectivity index (χ1n) is 5.20. The van der Waals surface area contributed by atoms with Gasteiger partial charge in [0.1, 0.15) is 0 Å². The smallest absolute Gasteiger partial charge is 0.0455 e. The molecule has 0 aliphatic carbocycles. The highest BCUT2D eigenvalue weighted by molar-refractivity contribution is 9.10. The van der Waals surface area contributed by atoms with Gasteiger partial charge in [-0.1, -0.05) is 28.6 Å². The zero-order valence-electron chi connectivity index (χ0n) is 9.50. The Morgan fingerprint density at radius 2 is 2.00 bits per heavy atom. The first-order valence-corrected chi connectivity index (χ1v) is 5.99. The summed E-state index contributed by atoms with van der Waals surface area (Å²) in [6.45, 7) is 7.99. The van der Waals surface area contributed by atoms with Crippen molar-refractivity contribution < 1.29 is 0 Å². The van der Waals surface area contributed by atoms with Crippen LogP contribution >= 0.6 is 15.9 Å². The fraction of sp³-hybridized carbons (Fsp3) is 0.143. The normalized spacial score (nSPS) is 10.4. The minimum Gasteiger partial charge on any atom is -0.321 e. The topological polar surface area (TPSA) is 4.93 Å². The lowest BCUT2D eigenvalue weighted by molar-refractivity contribution is 1.01. The van der Waals surface area contributed by atoms with Gasteiger partial charge in [0.05, 0.1) is 0 Å². The Morgan fingerprint density at radius 1 is 1.25 bits per heavy atom. The third kappa shape index (κ3) is 1.98. The lowest BCUT2D eigenvalue weighted by atomic mass is 10.2. The number of aromatic nitrogens is 1. The number of hydrogen-bond donors (Lipinski definition) is 0. The third-order valence-electron chi connectivity index (χ3n) is 2.69. The van der Waals surface area contributed by atoms with Crippen LogP contribution in [0.5, 0.6) is 0 Å². The first kappa shape index (κ1) is 11.2. The molecule has 82 valence electrons. The zero-order valence-corrected chi connectivity index (χ0v) is 11.1. The Morgan fingerprint density at radius 3 is 2.56 bits per heavy atom. The summed E-state index contributed by atoms with van der Waals surface area (Å²) in [6.07, 6.45) is 3.97.